The number of benzene rings is 3. The molecule has 1 aliphatic heterocycles. The zero-order valence-corrected chi connectivity index (χ0v) is 21.3. The molecule has 33 heavy (non-hydrogen) atoms. The third-order valence-corrected chi connectivity index (χ3v) is 5.87. The first kappa shape index (κ1) is 25.2. The molecule has 3 aromatic rings. The molecular formula is C27H29N2NaO3. The summed E-state index contributed by atoms with van der Waals surface area (Å²) in [7, 11) is 0. The Kier molecular flexibility index (Phi) is 9.67. The molecule has 5 nitrogen and oxygen atoms in total. The molecule has 0 bridgehead atoms. The van der Waals surface area contributed by atoms with Crippen LogP contribution in [0.4, 0.5) is 11.4 Å². The predicted octanol–water partition coefficient (Wildman–Crippen LogP) is 0.817. The Bertz CT molecular complexity index is 1030. The Morgan fingerprint density at radius 1 is 1.00 bits per heavy atom. The molecule has 0 saturated carbocycles. The fourth-order valence-electron chi connectivity index (χ4n) is 4.19. The minimum atomic E-state index is -1.01. The number of hydrogen-bond acceptors (Lipinski definition) is 5. The van der Waals surface area contributed by atoms with E-state index in [2.05, 4.69) is 28.4 Å². The number of nitrogens with zero attached hydrogens (tertiary/aromatic N) is 1. The van der Waals surface area contributed by atoms with E-state index in [1.54, 1.807) is 0 Å². The molecule has 0 aliphatic carbocycles. The Morgan fingerprint density at radius 2 is 1.79 bits per heavy atom. The standard InChI is InChI=1S/C27H30N2O3.Na/c30-27(31)16-13-21-11-14-23(15-12-21)28-20-22-6-4-10-26-25(22)9-5-17-29(26)18-19-32-24-7-2-1-3-8-24;/h1-4,6-8,10-12,14-15,28H,5,9,13,16-20H2,(H,30,31);/q;+1/p-1. The molecule has 0 radical (unpaired) electrons. The zero-order valence-electron chi connectivity index (χ0n) is 19.3. The van der Waals surface area contributed by atoms with Gasteiger partial charge in [-0.2, -0.15) is 0 Å². The van der Waals surface area contributed by atoms with Crippen LogP contribution in [0.15, 0.2) is 72.8 Å². The first-order chi connectivity index (χ1) is 15.7. The van der Waals surface area contributed by atoms with Gasteiger partial charge in [-0.3, -0.25) is 0 Å². The van der Waals surface area contributed by atoms with Crippen LogP contribution in [0.5, 0.6) is 5.75 Å². The number of ether oxygens (including phenoxy) is 1. The van der Waals surface area contributed by atoms with Crippen LogP contribution in [-0.2, 0) is 24.2 Å². The quantitative estimate of drug-likeness (QED) is 0.462. The second-order valence-corrected chi connectivity index (χ2v) is 8.09. The smallest absolute Gasteiger partial charge is 0.550 e. The van der Waals surface area contributed by atoms with Crippen LogP contribution >= 0.6 is 0 Å². The van der Waals surface area contributed by atoms with Crippen LogP contribution in [0.25, 0.3) is 0 Å². The number of carboxylic acids is 1. The monoisotopic (exact) mass is 452 g/mol. The summed E-state index contributed by atoms with van der Waals surface area (Å²) in [5.74, 6) is -0.102. The van der Waals surface area contributed by atoms with Gasteiger partial charge >= 0.3 is 29.6 Å². The van der Waals surface area contributed by atoms with Gasteiger partial charge in [0.05, 0.1) is 6.54 Å². The minimum absolute atomic E-state index is 0. The molecule has 3 aromatic carbocycles. The molecule has 1 aliphatic rings. The second-order valence-electron chi connectivity index (χ2n) is 8.09. The number of anilines is 2. The molecule has 0 amide bonds. The first-order valence-corrected chi connectivity index (χ1v) is 11.3. The van der Waals surface area contributed by atoms with E-state index >= 15 is 0 Å². The van der Waals surface area contributed by atoms with E-state index in [1.165, 1.54) is 16.8 Å². The average molecular weight is 453 g/mol. The molecule has 1 heterocycles. The molecule has 0 unspecified atom stereocenters. The Labute approximate surface area is 218 Å². The van der Waals surface area contributed by atoms with Crippen LogP contribution in [0.3, 0.4) is 0 Å². The van der Waals surface area contributed by atoms with Crippen LogP contribution < -0.4 is 49.6 Å². The van der Waals surface area contributed by atoms with E-state index in [9.17, 15) is 9.90 Å². The average Bonchev–Trinajstić information content (AvgIpc) is 2.83. The summed E-state index contributed by atoms with van der Waals surface area (Å²) in [6.07, 6.45) is 2.78. The molecule has 1 N–H and O–H groups in total. The first-order valence-electron chi connectivity index (χ1n) is 11.3. The van der Waals surface area contributed by atoms with Gasteiger partial charge in [-0.05, 0) is 72.7 Å². The molecule has 0 atom stereocenters. The van der Waals surface area contributed by atoms with Crippen LogP contribution in [0.1, 0.15) is 29.5 Å². The van der Waals surface area contributed by atoms with Crippen molar-refractivity contribution in [1.29, 1.82) is 0 Å². The Morgan fingerprint density at radius 3 is 2.55 bits per heavy atom. The van der Waals surface area contributed by atoms with Crippen LogP contribution in [0, 0.1) is 0 Å². The van der Waals surface area contributed by atoms with Crippen molar-refractivity contribution >= 4 is 17.3 Å². The molecule has 0 aromatic heterocycles. The number of carbonyl (C=O) groups excluding carboxylic acids is 1. The van der Waals surface area contributed by atoms with Crippen molar-refractivity contribution in [2.45, 2.75) is 32.2 Å². The van der Waals surface area contributed by atoms with E-state index in [0.29, 0.717) is 13.0 Å². The van der Waals surface area contributed by atoms with Gasteiger partial charge in [0.2, 0.25) is 0 Å². The molecule has 0 spiro atoms. The SMILES string of the molecule is O=C([O-])CCc1ccc(NCc2cccc3c2CCCN3CCOc2ccccc2)cc1.[Na+]. The van der Waals surface area contributed by atoms with Crippen molar-refractivity contribution in [3.05, 3.63) is 89.5 Å². The normalized spacial score (nSPS) is 12.4. The fourth-order valence-corrected chi connectivity index (χ4v) is 4.19. The number of para-hydroxylation sites is 1. The summed E-state index contributed by atoms with van der Waals surface area (Å²) in [5, 5.41) is 14.1. The van der Waals surface area contributed by atoms with Gasteiger partial charge in [0.15, 0.2) is 0 Å². The number of hydrogen-bond donors (Lipinski definition) is 1. The Hall–Kier alpha value is -2.47. The van der Waals surface area contributed by atoms with Crippen LogP contribution in [-0.4, -0.2) is 25.7 Å². The van der Waals surface area contributed by atoms with Gasteiger partial charge in [0.1, 0.15) is 12.4 Å². The van der Waals surface area contributed by atoms with Crippen molar-refractivity contribution in [3.63, 3.8) is 0 Å². The summed E-state index contributed by atoms with van der Waals surface area (Å²) in [4.78, 5) is 13.1. The molecule has 6 heteroatoms. The topological polar surface area (TPSA) is 64.6 Å². The summed E-state index contributed by atoms with van der Waals surface area (Å²) in [6, 6.07) is 24.5. The third kappa shape index (κ3) is 7.26. The number of carboxylic acid groups (broad SMARTS) is 1. The van der Waals surface area contributed by atoms with Gasteiger partial charge in [0.25, 0.3) is 0 Å². The van der Waals surface area contributed by atoms with Gasteiger partial charge in [0, 0.05) is 30.4 Å². The third-order valence-electron chi connectivity index (χ3n) is 5.87. The number of rotatable bonds is 10. The van der Waals surface area contributed by atoms with Gasteiger partial charge in [-0.15, -0.1) is 0 Å². The number of fused-ring (bicyclic) bond motifs is 1. The maximum atomic E-state index is 10.6. The Balaban J connectivity index is 0.00000306. The zero-order chi connectivity index (χ0) is 22.2. The van der Waals surface area contributed by atoms with E-state index in [-0.39, 0.29) is 36.0 Å². The van der Waals surface area contributed by atoms with E-state index in [0.717, 1.165) is 49.5 Å². The van der Waals surface area contributed by atoms with Crippen molar-refractivity contribution in [2.75, 3.05) is 29.9 Å². The van der Waals surface area contributed by atoms with Crippen LogP contribution in [0.2, 0.25) is 0 Å². The summed E-state index contributed by atoms with van der Waals surface area (Å²) in [6.45, 7) is 3.34. The van der Waals surface area contributed by atoms with E-state index < -0.39 is 5.97 Å². The van der Waals surface area contributed by atoms with Crippen molar-refractivity contribution in [3.8, 4) is 5.75 Å². The number of nitrogens with one attached hydrogen (secondary N) is 1. The summed E-state index contributed by atoms with van der Waals surface area (Å²) < 4.78 is 5.91. The maximum absolute atomic E-state index is 10.6. The van der Waals surface area contributed by atoms with E-state index in [1.807, 2.05) is 54.6 Å². The molecule has 0 fully saturated rings. The molecule has 0 saturated heterocycles. The number of carbonyl (C=O) groups is 1. The molecular weight excluding hydrogens is 423 g/mol. The summed E-state index contributed by atoms with van der Waals surface area (Å²) >= 11 is 0. The van der Waals surface area contributed by atoms with Gasteiger partial charge in [-0.25, -0.2) is 0 Å². The van der Waals surface area contributed by atoms with Gasteiger partial charge in [-0.1, -0.05) is 42.5 Å². The largest absolute Gasteiger partial charge is 1.00 e. The fraction of sp³-hybridized carbons (Fsp3) is 0.296. The predicted molar refractivity (Wildman–Crippen MR) is 126 cm³/mol. The summed E-state index contributed by atoms with van der Waals surface area (Å²) in [5.41, 5.74) is 6.08. The van der Waals surface area contributed by atoms with E-state index in [4.69, 9.17) is 4.74 Å². The minimum Gasteiger partial charge on any atom is -0.550 e. The van der Waals surface area contributed by atoms with Crippen molar-refractivity contribution in [1.82, 2.24) is 0 Å². The molecule has 4 rings (SSSR count). The van der Waals surface area contributed by atoms with Crippen molar-refractivity contribution < 1.29 is 44.2 Å². The van der Waals surface area contributed by atoms with Gasteiger partial charge < -0.3 is 24.9 Å². The second kappa shape index (κ2) is 12.7. The number of aryl methyl sites for hydroxylation is 1. The van der Waals surface area contributed by atoms with Crippen molar-refractivity contribution in [2.24, 2.45) is 0 Å². The number of aliphatic carboxylic acids is 1. The maximum Gasteiger partial charge on any atom is 1.00 e. The molecule has 166 valence electrons.